The van der Waals surface area contributed by atoms with E-state index in [0.717, 1.165) is 25.9 Å². The normalized spacial score (nSPS) is 16.0. The van der Waals surface area contributed by atoms with Crippen molar-refractivity contribution in [2.24, 2.45) is 5.92 Å². The van der Waals surface area contributed by atoms with Crippen LogP contribution < -0.4 is 10.2 Å². The van der Waals surface area contributed by atoms with Crippen molar-refractivity contribution < 1.29 is 14.7 Å². The summed E-state index contributed by atoms with van der Waals surface area (Å²) in [5.41, 5.74) is 0.748. The molecule has 1 saturated heterocycles. The number of amides is 1. The molecule has 0 spiro atoms. The second kappa shape index (κ2) is 8.35. The predicted octanol–water partition coefficient (Wildman–Crippen LogP) is 2.92. The largest absolute Gasteiger partial charge is 0.481 e. The van der Waals surface area contributed by atoms with E-state index in [9.17, 15) is 14.7 Å². The van der Waals surface area contributed by atoms with Crippen LogP contribution in [0.2, 0.25) is 5.02 Å². The van der Waals surface area contributed by atoms with Gasteiger partial charge in [0.05, 0.1) is 23.2 Å². The fourth-order valence-corrected chi connectivity index (χ4v) is 3.27. The lowest BCUT2D eigenvalue weighted by atomic mass is 9.94. The molecule has 2 atom stereocenters. The van der Waals surface area contributed by atoms with E-state index >= 15 is 0 Å². The van der Waals surface area contributed by atoms with Gasteiger partial charge in [-0.1, -0.05) is 41.9 Å². The molecule has 1 fully saturated rings. The molecule has 7 nitrogen and oxygen atoms in total. The van der Waals surface area contributed by atoms with Gasteiger partial charge in [-0.15, -0.1) is 0 Å². The van der Waals surface area contributed by atoms with Gasteiger partial charge in [0.1, 0.15) is 0 Å². The van der Waals surface area contributed by atoms with Gasteiger partial charge in [-0.3, -0.25) is 9.59 Å². The Kier molecular flexibility index (Phi) is 5.91. The second-order valence-corrected chi connectivity index (χ2v) is 6.96. The fourth-order valence-electron chi connectivity index (χ4n) is 3.10. The van der Waals surface area contributed by atoms with Crippen LogP contribution in [-0.2, 0) is 4.79 Å². The summed E-state index contributed by atoms with van der Waals surface area (Å²) in [5.74, 6) is -1.89. The van der Waals surface area contributed by atoms with Gasteiger partial charge in [-0.05, 0) is 25.3 Å². The minimum atomic E-state index is -1.00. The van der Waals surface area contributed by atoms with Crippen LogP contribution in [0.25, 0.3) is 0 Å². The fraction of sp³-hybridized carbons (Fsp3) is 0.368. The molecule has 1 aromatic carbocycles. The van der Waals surface area contributed by atoms with Gasteiger partial charge in [0, 0.05) is 13.1 Å². The molecule has 8 heteroatoms. The Morgan fingerprint density at radius 3 is 2.52 bits per heavy atom. The zero-order valence-corrected chi connectivity index (χ0v) is 15.7. The molecule has 1 aliphatic rings. The molecule has 1 aromatic heterocycles. The summed E-state index contributed by atoms with van der Waals surface area (Å²) in [7, 11) is 0. The number of nitrogens with zero attached hydrogens (tertiary/aromatic N) is 3. The number of benzene rings is 1. The number of aromatic nitrogens is 2. The first-order chi connectivity index (χ1) is 13.0. The van der Waals surface area contributed by atoms with Crippen LogP contribution in [0.5, 0.6) is 0 Å². The number of hydrogen-bond donors (Lipinski definition) is 2. The predicted molar refractivity (Wildman–Crippen MR) is 102 cm³/mol. The number of anilines is 1. The molecule has 2 unspecified atom stereocenters. The standard InChI is InChI=1S/C19H21ClN4O3/c1-12(18(26)27)15(13-7-3-2-4-8-13)22-17(25)16-14(20)11-21-19(23-16)24-9-5-6-10-24/h2-4,7-8,11-12,15H,5-6,9-10H2,1H3,(H,22,25)(H,26,27). The highest BCUT2D eigenvalue weighted by atomic mass is 35.5. The lowest BCUT2D eigenvalue weighted by molar-refractivity contribution is -0.142. The summed E-state index contributed by atoms with van der Waals surface area (Å²) in [6, 6.07) is 8.27. The average Bonchev–Trinajstić information content (AvgIpc) is 3.21. The third kappa shape index (κ3) is 4.36. The quantitative estimate of drug-likeness (QED) is 0.790. The topological polar surface area (TPSA) is 95.4 Å². The smallest absolute Gasteiger partial charge is 0.308 e. The van der Waals surface area contributed by atoms with Crippen molar-refractivity contribution >= 4 is 29.4 Å². The lowest BCUT2D eigenvalue weighted by Gasteiger charge is -2.23. The minimum Gasteiger partial charge on any atom is -0.481 e. The Bertz CT molecular complexity index is 825. The van der Waals surface area contributed by atoms with Crippen LogP contribution in [0.3, 0.4) is 0 Å². The number of hydrogen-bond acceptors (Lipinski definition) is 5. The zero-order valence-electron chi connectivity index (χ0n) is 14.9. The first kappa shape index (κ1) is 19.1. The maximum Gasteiger partial charge on any atom is 0.308 e. The van der Waals surface area contributed by atoms with Crippen molar-refractivity contribution in [3.8, 4) is 0 Å². The number of nitrogens with one attached hydrogen (secondary N) is 1. The van der Waals surface area contributed by atoms with Crippen LogP contribution in [0.15, 0.2) is 36.5 Å². The third-order valence-electron chi connectivity index (χ3n) is 4.67. The van der Waals surface area contributed by atoms with Gasteiger partial charge in [0.2, 0.25) is 5.95 Å². The lowest BCUT2D eigenvalue weighted by Crippen LogP contribution is -2.36. The van der Waals surface area contributed by atoms with E-state index < -0.39 is 23.8 Å². The summed E-state index contributed by atoms with van der Waals surface area (Å²) in [5, 5.41) is 12.3. The Hall–Kier alpha value is -2.67. The molecule has 1 amide bonds. The van der Waals surface area contributed by atoms with E-state index in [1.165, 1.54) is 6.20 Å². The van der Waals surface area contributed by atoms with Crippen LogP contribution >= 0.6 is 11.6 Å². The number of carboxylic acids is 1. The number of aliphatic carboxylic acids is 1. The molecule has 0 saturated carbocycles. The van der Waals surface area contributed by atoms with Crippen molar-refractivity contribution in [3.05, 3.63) is 52.8 Å². The Morgan fingerprint density at radius 2 is 1.89 bits per heavy atom. The number of carboxylic acid groups (broad SMARTS) is 1. The number of halogens is 1. The van der Waals surface area contributed by atoms with E-state index in [2.05, 4.69) is 15.3 Å². The van der Waals surface area contributed by atoms with E-state index in [0.29, 0.717) is 11.5 Å². The molecular formula is C19H21ClN4O3. The summed E-state index contributed by atoms with van der Waals surface area (Å²) in [6.45, 7) is 3.23. The van der Waals surface area contributed by atoms with Crippen LogP contribution in [-0.4, -0.2) is 40.0 Å². The zero-order chi connectivity index (χ0) is 19.4. The van der Waals surface area contributed by atoms with Gasteiger partial charge in [-0.2, -0.15) is 0 Å². The monoisotopic (exact) mass is 388 g/mol. The highest BCUT2D eigenvalue weighted by molar-refractivity contribution is 6.33. The molecule has 142 valence electrons. The molecule has 0 aliphatic carbocycles. The van der Waals surface area contributed by atoms with Gasteiger partial charge in [-0.25, -0.2) is 9.97 Å². The van der Waals surface area contributed by atoms with Crippen molar-refractivity contribution in [1.29, 1.82) is 0 Å². The summed E-state index contributed by atoms with van der Waals surface area (Å²) >= 11 is 6.15. The molecule has 1 aliphatic heterocycles. The maximum absolute atomic E-state index is 12.8. The number of rotatable bonds is 6. The summed E-state index contributed by atoms with van der Waals surface area (Å²) in [4.78, 5) is 34.9. The molecule has 2 N–H and O–H groups in total. The summed E-state index contributed by atoms with van der Waals surface area (Å²) in [6.07, 6.45) is 3.52. The van der Waals surface area contributed by atoms with E-state index in [1.54, 1.807) is 31.2 Å². The molecule has 2 aromatic rings. The van der Waals surface area contributed by atoms with Gasteiger partial charge in [0.15, 0.2) is 5.69 Å². The second-order valence-electron chi connectivity index (χ2n) is 6.55. The van der Waals surface area contributed by atoms with Gasteiger partial charge in [0.25, 0.3) is 5.91 Å². The molecule has 0 bridgehead atoms. The maximum atomic E-state index is 12.8. The molecular weight excluding hydrogens is 368 g/mol. The molecule has 27 heavy (non-hydrogen) atoms. The Labute approximate surface area is 162 Å². The Morgan fingerprint density at radius 1 is 1.22 bits per heavy atom. The molecule has 0 radical (unpaired) electrons. The first-order valence-electron chi connectivity index (χ1n) is 8.83. The van der Waals surface area contributed by atoms with E-state index in [1.807, 2.05) is 11.0 Å². The summed E-state index contributed by atoms with van der Waals surface area (Å²) < 4.78 is 0. The van der Waals surface area contributed by atoms with E-state index in [4.69, 9.17) is 11.6 Å². The SMILES string of the molecule is CC(C(=O)O)C(NC(=O)c1nc(N2CCCC2)ncc1Cl)c1ccccc1. The van der Waals surface area contributed by atoms with Gasteiger partial charge < -0.3 is 15.3 Å². The van der Waals surface area contributed by atoms with Crippen molar-refractivity contribution in [1.82, 2.24) is 15.3 Å². The van der Waals surface area contributed by atoms with Crippen LogP contribution in [0.1, 0.15) is 41.9 Å². The van der Waals surface area contributed by atoms with Gasteiger partial charge >= 0.3 is 5.97 Å². The van der Waals surface area contributed by atoms with E-state index in [-0.39, 0.29) is 10.7 Å². The minimum absolute atomic E-state index is 0.0482. The average molecular weight is 389 g/mol. The van der Waals surface area contributed by atoms with Crippen molar-refractivity contribution in [2.75, 3.05) is 18.0 Å². The van der Waals surface area contributed by atoms with Crippen molar-refractivity contribution in [3.63, 3.8) is 0 Å². The van der Waals surface area contributed by atoms with Crippen LogP contribution in [0, 0.1) is 5.92 Å². The van der Waals surface area contributed by atoms with Crippen LogP contribution in [0.4, 0.5) is 5.95 Å². The number of carbonyl (C=O) groups excluding carboxylic acids is 1. The number of carbonyl (C=O) groups is 2. The highest BCUT2D eigenvalue weighted by Crippen LogP contribution is 2.25. The Balaban J connectivity index is 1.87. The molecule has 2 heterocycles. The third-order valence-corrected chi connectivity index (χ3v) is 4.95. The first-order valence-corrected chi connectivity index (χ1v) is 9.21. The van der Waals surface area contributed by atoms with Crippen molar-refractivity contribution in [2.45, 2.75) is 25.8 Å². The molecule has 3 rings (SSSR count). The highest BCUT2D eigenvalue weighted by Gasteiger charge is 2.28.